The van der Waals surface area contributed by atoms with Gasteiger partial charge in [0, 0.05) is 27.5 Å². The second kappa shape index (κ2) is 9.57. The van der Waals surface area contributed by atoms with E-state index in [2.05, 4.69) is 157 Å². The quantitative estimate of drug-likeness (QED) is 0.198. The van der Waals surface area contributed by atoms with Gasteiger partial charge < -0.3 is 9.32 Å². The topological polar surface area (TPSA) is 16.4 Å². The Morgan fingerprint density at radius 2 is 0.875 bits per heavy atom. The van der Waals surface area contributed by atoms with Crippen LogP contribution in [0.2, 0.25) is 0 Å². The van der Waals surface area contributed by atoms with E-state index in [1.165, 1.54) is 66.4 Å². The third-order valence-corrected chi connectivity index (χ3v) is 10.4. The van der Waals surface area contributed by atoms with Crippen LogP contribution in [-0.2, 0) is 0 Å². The van der Waals surface area contributed by atoms with Gasteiger partial charge in [0.05, 0.1) is 5.69 Å². The third-order valence-electron chi connectivity index (χ3n) is 10.4. The van der Waals surface area contributed by atoms with Gasteiger partial charge in [-0.3, -0.25) is 0 Å². The second-order valence-electron chi connectivity index (χ2n) is 12.8. The van der Waals surface area contributed by atoms with Gasteiger partial charge in [0.1, 0.15) is 11.2 Å². The van der Waals surface area contributed by atoms with Crippen LogP contribution in [0.1, 0.15) is 0 Å². The van der Waals surface area contributed by atoms with Crippen molar-refractivity contribution in [1.29, 1.82) is 0 Å². The molecule has 9 aromatic rings. The fourth-order valence-electron chi connectivity index (χ4n) is 8.32. The number of nitrogens with zero attached hydrogens (tertiary/aromatic N) is 1. The molecule has 0 atom stereocenters. The number of furan rings is 1. The van der Waals surface area contributed by atoms with Crippen molar-refractivity contribution in [3.63, 3.8) is 0 Å². The zero-order chi connectivity index (χ0) is 31.3. The lowest BCUT2D eigenvalue weighted by Gasteiger charge is -2.28. The van der Waals surface area contributed by atoms with Crippen LogP contribution in [0.3, 0.4) is 0 Å². The van der Waals surface area contributed by atoms with Crippen molar-refractivity contribution in [1.82, 2.24) is 0 Å². The maximum absolute atomic E-state index is 6.26. The summed E-state index contributed by atoms with van der Waals surface area (Å²) in [5.74, 6) is 0. The van der Waals surface area contributed by atoms with Gasteiger partial charge in [-0.25, -0.2) is 0 Å². The molecule has 0 unspecified atom stereocenters. The summed E-state index contributed by atoms with van der Waals surface area (Å²) in [5.41, 5.74) is 18.1. The lowest BCUT2D eigenvalue weighted by molar-refractivity contribution is 0.669. The predicted octanol–water partition coefficient (Wildman–Crippen LogP) is 13.2. The number of anilines is 3. The molecule has 8 aromatic carbocycles. The van der Waals surface area contributed by atoms with Crippen LogP contribution in [0.25, 0.3) is 88.3 Å². The Morgan fingerprint density at radius 1 is 0.333 bits per heavy atom. The van der Waals surface area contributed by atoms with Crippen LogP contribution < -0.4 is 4.90 Å². The first-order valence-corrected chi connectivity index (χ1v) is 16.5. The van der Waals surface area contributed by atoms with E-state index in [0.717, 1.165) is 39.0 Å². The van der Waals surface area contributed by atoms with Gasteiger partial charge in [0.2, 0.25) is 0 Å². The Balaban J connectivity index is 1.22. The van der Waals surface area contributed by atoms with Crippen molar-refractivity contribution >= 4 is 49.8 Å². The summed E-state index contributed by atoms with van der Waals surface area (Å²) in [6, 6.07) is 59.8. The molecule has 0 aliphatic heterocycles. The first kappa shape index (κ1) is 25.8. The van der Waals surface area contributed by atoms with E-state index >= 15 is 0 Å². The summed E-state index contributed by atoms with van der Waals surface area (Å²) in [5, 5.41) is 4.66. The average Bonchev–Trinajstić information content (AvgIpc) is 3.47. The van der Waals surface area contributed by atoms with Crippen LogP contribution in [0.5, 0.6) is 0 Å². The molecular formula is C46H27NO. The van der Waals surface area contributed by atoms with E-state index in [0.29, 0.717) is 0 Å². The summed E-state index contributed by atoms with van der Waals surface area (Å²) >= 11 is 0. The van der Waals surface area contributed by atoms with E-state index in [-0.39, 0.29) is 0 Å². The summed E-state index contributed by atoms with van der Waals surface area (Å²) in [4.78, 5) is 2.42. The minimum absolute atomic E-state index is 0.894. The molecule has 0 fully saturated rings. The molecule has 0 saturated carbocycles. The molecule has 2 heteroatoms. The Labute approximate surface area is 277 Å². The molecule has 2 aliphatic carbocycles. The molecule has 0 spiro atoms. The molecule has 0 amide bonds. The Hall–Kier alpha value is -6.38. The Morgan fingerprint density at radius 3 is 1.71 bits per heavy atom. The van der Waals surface area contributed by atoms with E-state index in [1.807, 2.05) is 12.1 Å². The zero-order valence-corrected chi connectivity index (χ0v) is 25.9. The fraction of sp³-hybridized carbons (Fsp3) is 0. The lowest BCUT2D eigenvalue weighted by Crippen LogP contribution is -2.11. The molecule has 1 heterocycles. The lowest BCUT2D eigenvalue weighted by atomic mass is 9.83. The number of para-hydroxylation sites is 1. The summed E-state index contributed by atoms with van der Waals surface area (Å²) < 4.78 is 6.26. The molecule has 2 aliphatic rings. The summed E-state index contributed by atoms with van der Waals surface area (Å²) in [6.07, 6.45) is 0. The van der Waals surface area contributed by atoms with Crippen LogP contribution in [0.15, 0.2) is 168 Å². The molecule has 2 nitrogen and oxygen atoms in total. The molecule has 48 heavy (non-hydrogen) atoms. The van der Waals surface area contributed by atoms with E-state index in [9.17, 15) is 0 Å². The zero-order valence-electron chi connectivity index (χ0n) is 25.9. The van der Waals surface area contributed by atoms with Crippen molar-refractivity contribution in [2.75, 3.05) is 4.90 Å². The molecule has 11 rings (SSSR count). The minimum atomic E-state index is 0.894. The Kier molecular flexibility index (Phi) is 5.14. The van der Waals surface area contributed by atoms with Crippen molar-refractivity contribution in [3.05, 3.63) is 164 Å². The van der Waals surface area contributed by atoms with Gasteiger partial charge in [-0.2, -0.15) is 0 Å². The highest BCUT2D eigenvalue weighted by atomic mass is 16.3. The van der Waals surface area contributed by atoms with Crippen molar-refractivity contribution in [3.8, 4) is 55.6 Å². The highest BCUT2D eigenvalue weighted by Gasteiger charge is 2.31. The van der Waals surface area contributed by atoms with E-state index in [1.54, 1.807) is 0 Å². The monoisotopic (exact) mass is 609 g/mol. The molecule has 1 aromatic heterocycles. The molecule has 6 bridgehead atoms. The molecule has 0 N–H and O–H groups in total. The van der Waals surface area contributed by atoms with Crippen molar-refractivity contribution in [2.24, 2.45) is 0 Å². The van der Waals surface area contributed by atoms with Crippen molar-refractivity contribution in [2.45, 2.75) is 0 Å². The number of rotatable bonds is 3. The average molecular weight is 610 g/mol. The highest BCUT2D eigenvalue weighted by molar-refractivity contribution is 6.15. The maximum Gasteiger partial charge on any atom is 0.135 e. The largest absolute Gasteiger partial charge is 0.456 e. The Bertz CT molecular complexity index is 2770. The van der Waals surface area contributed by atoms with E-state index in [4.69, 9.17) is 4.42 Å². The minimum Gasteiger partial charge on any atom is -0.456 e. The molecule has 0 saturated heterocycles. The number of hydrogen-bond donors (Lipinski definition) is 0. The van der Waals surface area contributed by atoms with Gasteiger partial charge >= 0.3 is 0 Å². The fourth-order valence-corrected chi connectivity index (χ4v) is 8.32. The smallest absolute Gasteiger partial charge is 0.135 e. The molecule has 222 valence electrons. The van der Waals surface area contributed by atoms with Crippen LogP contribution >= 0.6 is 0 Å². The first-order valence-electron chi connectivity index (χ1n) is 16.5. The highest BCUT2D eigenvalue weighted by Crippen LogP contribution is 2.58. The summed E-state index contributed by atoms with van der Waals surface area (Å²) in [6.45, 7) is 0. The van der Waals surface area contributed by atoms with Gasteiger partial charge in [-0.05, 0) is 103 Å². The van der Waals surface area contributed by atoms with Gasteiger partial charge in [-0.15, -0.1) is 0 Å². The van der Waals surface area contributed by atoms with Crippen molar-refractivity contribution < 1.29 is 4.42 Å². The standard InChI is InChI=1S/C46H27NO/c1-2-12-31-28(10-1)11-7-20-42(31)47(30-23-25-44-40(26-30)34-14-5-6-21-43(34)48-44)29-22-24-33-37-17-9-18-38-39-19-8-16-36(46(39)41(33)27-29)32-13-3-4-15-35(32)45(37)38/h1-27H. The number of hydrogen-bond acceptors (Lipinski definition) is 2. The van der Waals surface area contributed by atoms with Gasteiger partial charge in [0.25, 0.3) is 0 Å². The van der Waals surface area contributed by atoms with Crippen LogP contribution in [0.4, 0.5) is 17.1 Å². The third kappa shape index (κ3) is 3.46. The van der Waals surface area contributed by atoms with Gasteiger partial charge in [0.15, 0.2) is 0 Å². The van der Waals surface area contributed by atoms with Gasteiger partial charge in [-0.1, -0.05) is 121 Å². The first-order chi connectivity index (χ1) is 23.8. The molecular weight excluding hydrogens is 583 g/mol. The summed E-state index contributed by atoms with van der Waals surface area (Å²) in [7, 11) is 0. The van der Waals surface area contributed by atoms with Crippen LogP contribution in [-0.4, -0.2) is 0 Å². The van der Waals surface area contributed by atoms with Crippen LogP contribution in [0, 0.1) is 0 Å². The maximum atomic E-state index is 6.26. The number of benzene rings is 8. The SMILES string of the molecule is c1ccc2c(c1)-c1cccc3c1-c1cc(N(c4ccc5oc6ccccc6c5c4)c4cccc5ccccc45)ccc1-c1cccc-3c1-2. The molecule has 0 radical (unpaired) electrons. The normalized spacial score (nSPS) is 12.2. The second-order valence-corrected chi connectivity index (χ2v) is 12.8. The number of fused-ring (bicyclic) bond motifs is 8. The van der Waals surface area contributed by atoms with E-state index < -0.39 is 0 Å². The predicted molar refractivity (Wildman–Crippen MR) is 200 cm³/mol.